The number of alkyl halides is 2. The van der Waals surface area contributed by atoms with Gasteiger partial charge in [0.2, 0.25) is 0 Å². The summed E-state index contributed by atoms with van der Waals surface area (Å²) in [7, 11) is 0. The summed E-state index contributed by atoms with van der Waals surface area (Å²) >= 11 is 2.73. The van der Waals surface area contributed by atoms with Crippen molar-refractivity contribution in [3.05, 3.63) is 27.7 Å². The van der Waals surface area contributed by atoms with Crippen LogP contribution in [0.5, 0.6) is 0 Å². The van der Waals surface area contributed by atoms with E-state index in [0.29, 0.717) is 0 Å². The van der Waals surface area contributed by atoms with Gasteiger partial charge in [0, 0.05) is 6.20 Å². The molecule has 0 saturated carbocycles. The summed E-state index contributed by atoms with van der Waals surface area (Å²) in [4.78, 5) is 3.53. The summed E-state index contributed by atoms with van der Waals surface area (Å²) in [5.74, 6) is -0.981. The average molecular weight is 240 g/mol. The van der Waals surface area contributed by atoms with Crippen molar-refractivity contribution in [2.75, 3.05) is 0 Å². The second-order valence-electron chi connectivity index (χ2n) is 2.26. The van der Waals surface area contributed by atoms with Gasteiger partial charge in [0.25, 0.3) is 6.43 Å². The third-order valence-electron chi connectivity index (χ3n) is 1.43. The Balaban J connectivity index is 3.33. The van der Waals surface area contributed by atoms with Crippen LogP contribution < -0.4 is 0 Å². The molecule has 66 valence electrons. The van der Waals surface area contributed by atoms with Crippen LogP contribution in [0.4, 0.5) is 13.2 Å². The van der Waals surface area contributed by atoms with Crippen LogP contribution in [0.25, 0.3) is 0 Å². The van der Waals surface area contributed by atoms with Crippen LogP contribution in [0.15, 0.2) is 10.8 Å². The molecular weight excluding hydrogens is 235 g/mol. The van der Waals surface area contributed by atoms with Gasteiger partial charge in [-0.3, -0.25) is 0 Å². The van der Waals surface area contributed by atoms with E-state index in [1.807, 2.05) is 0 Å². The molecule has 0 radical (unpaired) electrons. The molecule has 0 fully saturated rings. The number of rotatable bonds is 1. The highest BCUT2D eigenvalue weighted by atomic mass is 79.9. The highest BCUT2D eigenvalue weighted by Gasteiger charge is 2.18. The summed E-state index contributed by atoms with van der Waals surface area (Å²) in [6, 6.07) is 0. The maximum Gasteiger partial charge on any atom is 0.267 e. The van der Waals surface area contributed by atoms with Gasteiger partial charge in [0.1, 0.15) is 4.60 Å². The molecule has 0 aromatic carbocycles. The van der Waals surface area contributed by atoms with E-state index in [1.165, 1.54) is 13.1 Å². The Morgan fingerprint density at radius 3 is 2.50 bits per heavy atom. The molecule has 0 saturated heterocycles. The van der Waals surface area contributed by atoms with Crippen LogP contribution in [-0.2, 0) is 0 Å². The lowest BCUT2D eigenvalue weighted by Gasteiger charge is -2.05. The maximum atomic E-state index is 12.9. The summed E-state index contributed by atoms with van der Waals surface area (Å²) < 4.78 is 37.1. The number of hydrogen-bond donors (Lipinski definition) is 0. The van der Waals surface area contributed by atoms with Gasteiger partial charge in [-0.2, -0.15) is 0 Å². The summed E-state index contributed by atoms with van der Waals surface area (Å²) in [6.45, 7) is 1.39. The Morgan fingerprint density at radius 1 is 1.50 bits per heavy atom. The van der Waals surface area contributed by atoms with Crippen LogP contribution in [0.1, 0.15) is 17.6 Å². The number of nitrogens with zero attached hydrogens (tertiary/aromatic N) is 1. The van der Waals surface area contributed by atoms with Crippen molar-refractivity contribution in [1.29, 1.82) is 0 Å². The molecule has 0 aliphatic heterocycles. The van der Waals surface area contributed by atoms with Gasteiger partial charge in [-0.05, 0) is 28.4 Å². The number of aryl methyl sites for hydroxylation is 1. The van der Waals surface area contributed by atoms with E-state index in [2.05, 4.69) is 20.9 Å². The molecule has 1 rings (SSSR count). The zero-order valence-electron chi connectivity index (χ0n) is 6.11. The van der Waals surface area contributed by atoms with Gasteiger partial charge >= 0.3 is 0 Å². The van der Waals surface area contributed by atoms with Crippen molar-refractivity contribution >= 4 is 15.9 Å². The van der Waals surface area contributed by atoms with Crippen LogP contribution >= 0.6 is 15.9 Å². The van der Waals surface area contributed by atoms with Gasteiger partial charge in [0.05, 0.1) is 5.56 Å². The van der Waals surface area contributed by atoms with Gasteiger partial charge < -0.3 is 0 Å². The first-order chi connectivity index (χ1) is 5.54. The van der Waals surface area contributed by atoms with E-state index in [4.69, 9.17) is 0 Å². The number of hydrogen-bond acceptors (Lipinski definition) is 1. The Kier molecular flexibility index (Phi) is 2.72. The minimum absolute atomic E-state index is 0.158. The highest BCUT2D eigenvalue weighted by Crippen LogP contribution is 2.28. The van der Waals surface area contributed by atoms with Crippen LogP contribution in [-0.4, -0.2) is 4.98 Å². The van der Waals surface area contributed by atoms with Crippen molar-refractivity contribution in [2.45, 2.75) is 13.3 Å². The quantitative estimate of drug-likeness (QED) is 0.686. The Labute approximate surface area is 75.7 Å². The minimum atomic E-state index is -2.80. The second kappa shape index (κ2) is 3.43. The van der Waals surface area contributed by atoms with Gasteiger partial charge in [-0.1, -0.05) is 0 Å². The molecule has 0 atom stereocenters. The molecule has 1 heterocycles. The fourth-order valence-electron chi connectivity index (χ4n) is 0.832. The molecule has 1 aromatic heterocycles. The largest absolute Gasteiger partial charge is 0.267 e. The Bertz CT molecular complexity index is 301. The van der Waals surface area contributed by atoms with E-state index >= 15 is 0 Å². The van der Waals surface area contributed by atoms with Crippen molar-refractivity contribution in [2.24, 2.45) is 0 Å². The van der Waals surface area contributed by atoms with Crippen LogP contribution in [0, 0.1) is 12.7 Å². The van der Waals surface area contributed by atoms with Crippen molar-refractivity contribution in [1.82, 2.24) is 4.98 Å². The van der Waals surface area contributed by atoms with Crippen molar-refractivity contribution in [3.8, 4) is 0 Å². The van der Waals surface area contributed by atoms with E-state index < -0.39 is 17.8 Å². The molecule has 0 amide bonds. The zero-order valence-corrected chi connectivity index (χ0v) is 7.70. The summed E-state index contributed by atoms with van der Waals surface area (Å²) in [5.41, 5.74) is -0.428. The Morgan fingerprint density at radius 2 is 2.08 bits per heavy atom. The standard InChI is InChI=1S/C7H5BrF3N/c1-3-2-12-6(8)5(9)4(3)7(10)11/h2,7H,1H3. The predicted molar refractivity (Wildman–Crippen MR) is 41.6 cm³/mol. The van der Waals surface area contributed by atoms with E-state index in [9.17, 15) is 13.2 Å². The summed E-state index contributed by atoms with van der Waals surface area (Å²) in [5, 5.41) is 0. The van der Waals surface area contributed by atoms with Crippen molar-refractivity contribution < 1.29 is 13.2 Å². The number of halogens is 4. The number of pyridine rings is 1. The van der Waals surface area contributed by atoms with Gasteiger partial charge in [0.15, 0.2) is 5.82 Å². The topological polar surface area (TPSA) is 12.9 Å². The Hall–Kier alpha value is -0.580. The molecule has 5 heteroatoms. The first-order valence-corrected chi connectivity index (χ1v) is 3.92. The molecule has 1 aromatic rings. The SMILES string of the molecule is Cc1cnc(Br)c(F)c1C(F)F. The van der Waals surface area contributed by atoms with E-state index in [0.717, 1.165) is 0 Å². The molecule has 0 bridgehead atoms. The smallest absolute Gasteiger partial charge is 0.246 e. The molecule has 0 spiro atoms. The number of aromatic nitrogens is 1. The molecule has 12 heavy (non-hydrogen) atoms. The third-order valence-corrected chi connectivity index (χ3v) is 1.99. The average Bonchev–Trinajstić information content (AvgIpc) is 1.97. The van der Waals surface area contributed by atoms with Crippen LogP contribution in [0.3, 0.4) is 0 Å². The molecule has 0 unspecified atom stereocenters. The summed E-state index contributed by atoms with van der Waals surface area (Å²) in [6.07, 6.45) is -1.60. The first-order valence-electron chi connectivity index (χ1n) is 3.12. The fourth-order valence-corrected chi connectivity index (χ4v) is 1.15. The highest BCUT2D eigenvalue weighted by molar-refractivity contribution is 9.10. The molecule has 0 N–H and O–H groups in total. The second-order valence-corrected chi connectivity index (χ2v) is 3.01. The maximum absolute atomic E-state index is 12.9. The predicted octanol–water partition coefficient (Wildman–Crippen LogP) is 3.23. The van der Waals surface area contributed by atoms with Gasteiger partial charge in [-0.15, -0.1) is 0 Å². The minimum Gasteiger partial charge on any atom is -0.246 e. The lowest BCUT2D eigenvalue weighted by atomic mass is 10.1. The normalized spacial score (nSPS) is 10.8. The van der Waals surface area contributed by atoms with Crippen molar-refractivity contribution in [3.63, 3.8) is 0 Å². The fraction of sp³-hybridized carbons (Fsp3) is 0.286. The molecule has 0 aliphatic rings. The van der Waals surface area contributed by atoms with E-state index in [-0.39, 0.29) is 10.2 Å². The monoisotopic (exact) mass is 239 g/mol. The molecular formula is C7H5BrF3N. The zero-order chi connectivity index (χ0) is 9.30. The van der Waals surface area contributed by atoms with Gasteiger partial charge in [-0.25, -0.2) is 18.2 Å². The molecule has 0 aliphatic carbocycles. The van der Waals surface area contributed by atoms with Crippen LogP contribution in [0.2, 0.25) is 0 Å². The molecule has 1 nitrogen and oxygen atoms in total. The third kappa shape index (κ3) is 1.60. The van der Waals surface area contributed by atoms with E-state index in [1.54, 1.807) is 0 Å². The lowest BCUT2D eigenvalue weighted by molar-refractivity contribution is 0.145. The lowest BCUT2D eigenvalue weighted by Crippen LogP contribution is -1.97. The first kappa shape index (κ1) is 9.51.